The summed E-state index contributed by atoms with van der Waals surface area (Å²) in [5.41, 5.74) is 0.109. The standard InChI is InChI=1S/C11H19NO/c1-11(2,3)9-10(13)12-7-5-4-6-8-12/h4-5H,6-9H2,1-3H3. The van der Waals surface area contributed by atoms with Gasteiger partial charge in [-0.15, -0.1) is 0 Å². The minimum absolute atomic E-state index is 0.109. The third kappa shape index (κ3) is 3.62. The lowest BCUT2D eigenvalue weighted by Crippen LogP contribution is -2.35. The summed E-state index contributed by atoms with van der Waals surface area (Å²) in [4.78, 5) is 13.6. The van der Waals surface area contributed by atoms with Crippen LogP contribution in [0.3, 0.4) is 0 Å². The summed E-state index contributed by atoms with van der Waals surface area (Å²) in [6.07, 6.45) is 5.88. The van der Waals surface area contributed by atoms with Crippen LogP contribution in [0.1, 0.15) is 33.6 Å². The Hall–Kier alpha value is -0.790. The van der Waals surface area contributed by atoms with E-state index in [1.807, 2.05) is 4.90 Å². The maximum atomic E-state index is 11.7. The second-order valence-electron chi connectivity index (χ2n) is 4.84. The van der Waals surface area contributed by atoms with Gasteiger partial charge < -0.3 is 4.90 Å². The fraction of sp³-hybridized carbons (Fsp3) is 0.727. The molecule has 74 valence electrons. The predicted molar refractivity (Wildman–Crippen MR) is 54.4 cm³/mol. The third-order valence-electron chi connectivity index (χ3n) is 2.09. The Bertz CT molecular complexity index is 213. The highest BCUT2D eigenvalue weighted by Crippen LogP contribution is 2.20. The van der Waals surface area contributed by atoms with Gasteiger partial charge in [0.05, 0.1) is 0 Å². The highest BCUT2D eigenvalue weighted by molar-refractivity contribution is 5.77. The van der Waals surface area contributed by atoms with E-state index in [0.717, 1.165) is 19.5 Å². The summed E-state index contributed by atoms with van der Waals surface area (Å²) in [7, 11) is 0. The van der Waals surface area contributed by atoms with Crippen LogP contribution in [0.15, 0.2) is 12.2 Å². The average Bonchev–Trinajstić information content (AvgIpc) is 2.03. The van der Waals surface area contributed by atoms with Crippen LogP contribution in [0, 0.1) is 5.41 Å². The third-order valence-corrected chi connectivity index (χ3v) is 2.09. The Morgan fingerprint density at radius 1 is 1.38 bits per heavy atom. The highest BCUT2D eigenvalue weighted by Gasteiger charge is 2.20. The summed E-state index contributed by atoms with van der Waals surface area (Å²) < 4.78 is 0. The van der Waals surface area contributed by atoms with Crippen molar-refractivity contribution in [2.75, 3.05) is 13.1 Å². The SMILES string of the molecule is CC(C)(C)CC(=O)N1CC=CCC1. The number of rotatable bonds is 1. The molecule has 0 N–H and O–H groups in total. The van der Waals surface area contributed by atoms with Crippen molar-refractivity contribution in [1.82, 2.24) is 4.90 Å². The monoisotopic (exact) mass is 181 g/mol. The van der Waals surface area contributed by atoms with Crippen LogP contribution in [0.25, 0.3) is 0 Å². The molecule has 0 saturated heterocycles. The van der Waals surface area contributed by atoms with Crippen molar-refractivity contribution in [3.8, 4) is 0 Å². The van der Waals surface area contributed by atoms with E-state index in [9.17, 15) is 4.79 Å². The number of nitrogens with zero attached hydrogens (tertiary/aromatic N) is 1. The van der Waals surface area contributed by atoms with Gasteiger partial charge in [0.15, 0.2) is 0 Å². The molecule has 0 aromatic rings. The van der Waals surface area contributed by atoms with Crippen LogP contribution in [-0.4, -0.2) is 23.9 Å². The molecule has 1 aliphatic rings. The second-order valence-corrected chi connectivity index (χ2v) is 4.84. The van der Waals surface area contributed by atoms with E-state index in [2.05, 4.69) is 32.9 Å². The van der Waals surface area contributed by atoms with Crippen molar-refractivity contribution < 1.29 is 4.79 Å². The Balaban J connectivity index is 2.43. The zero-order chi connectivity index (χ0) is 9.90. The molecule has 0 radical (unpaired) electrons. The fourth-order valence-corrected chi connectivity index (χ4v) is 1.43. The van der Waals surface area contributed by atoms with Gasteiger partial charge in [-0.1, -0.05) is 32.9 Å². The smallest absolute Gasteiger partial charge is 0.223 e. The zero-order valence-electron chi connectivity index (χ0n) is 8.84. The molecular weight excluding hydrogens is 162 g/mol. The molecule has 0 aromatic heterocycles. The number of carbonyl (C=O) groups excluding carboxylic acids is 1. The van der Waals surface area contributed by atoms with Gasteiger partial charge in [0.2, 0.25) is 5.91 Å². The lowest BCUT2D eigenvalue weighted by Gasteiger charge is -2.27. The summed E-state index contributed by atoms with van der Waals surface area (Å²) >= 11 is 0. The maximum absolute atomic E-state index is 11.7. The first-order valence-electron chi connectivity index (χ1n) is 4.92. The average molecular weight is 181 g/mol. The first kappa shape index (κ1) is 10.3. The first-order valence-corrected chi connectivity index (χ1v) is 4.92. The van der Waals surface area contributed by atoms with E-state index >= 15 is 0 Å². The lowest BCUT2D eigenvalue weighted by molar-refractivity contribution is -0.132. The highest BCUT2D eigenvalue weighted by atomic mass is 16.2. The Kier molecular flexibility index (Phi) is 3.12. The van der Waals surface area contributed by atoms with E-state index in [1.54, 1.807) is 0 Å². The molecule has 0 fully saturated rings. The van der Waals surface area contributed by atoms with Gasteiger partial charge in [0.1, 0.15) is 0 Å². The molecule has 0 spiro atoms. The minimum atomic E-state index is 0.109. The van der Waals surface area contributed by atoms with Gasteiger partial charge in [-0.05, 0) is 11.8 Å². The molecule has 0 saturated carbocycles. The molecule has 0 aliphatic carbocycles. The van der Waals surface area contributed by atoms with Crippen molar-refractivity contribution in [2.45, 2.75) is 33.6 Å². The first-order chi connectivity index (χ1) is 5.99. The zero-order valence-corrected chi connectivity index (χ0v) is 8.84. The number of hydrogen-bond donors (Lipinski definition) is 0. The van der Waals surface area contributed by atoms with Crippen LogP contribution in [0.2, 0.25) is 0 Å². The maximum Gasteiger partial charge on any atom is 0.223 e. The van der Waals surface area contributed by atoms with Crippen molar-refractivity contribution in [2.24, 2.45) is 5.41 Å². The van der Waals surface area contributed by atoms with Gasteiger partial charge in [-0.2, -0.15) is 0 Å². The van der Waals surface area contributed by atoms with Gasteiger partial charge in [-0.3, -0.25) is 4.79 Å². The molecule has 0 unspecified atom stereocenters. The molecule has 0 aromatic carbocycles. The molecule has 1 aliphatic heterocycles. The minimum Gasteiger partial charge on any atom is -0.339 e. The van der Waals surface area contributed by atoms with Gasteiger partial charge in [0, 0.05) is 19.5 Å². The number of amides is 1. The number of carbonyl (C=O) groups is 1. The van der Waals surface area contributed by atoms with Gasteiger partial charge in [-0.25, -0.2) is 0 Å². The lowest BCUT2D eigenvalue weighted by atomic mass is 9.91. The van der Waals surface area contributed by atoms with Crippen molar-refractivity contribution >= 4 is 5.91 Å². The van der Waals surface area contributed by atoms with E-state index in [0.29, 0.717) is 6.42 Å². The molecule has 0 atom stereocenters. The van der Waals surface area contributed by atoms with Crippen LogP contribution >= 0.6 is 0 Å². The van der Waals surface area contributed by atoms with E-state index < -0.39 is 0 Å². The summed E-state index contributed by atoms with van der Waals surface area (Å²) in [5.74, 6) is 0.289. The van der Waals surface area contributed by atoms with Crippen molar-refractivity contribution in [3.05, 3.63) is 12.2 Å². The molecule has 1 rings (SSSR count). The molecule has 13 heavy (non-hydrogen) atoms. The van der Waals surface area contributed by atoms with Crippen molar-refractivity contribution in [3.63, 3.8) is 0 Å². The Morgan fingerprint density at radius 3 is 2.54 bits per heavy atom. The Labute approximate surface area is 80.6 Å². The van der Waals surface area contributed by atoms with Crippen LogP contribution in [-0.2, 0) is 4.79 Å². The summed E-state index contributed by atoms with van der Waals surface area (Å²) in [5, 5.41) is 0. The molecule has 1 heterocycles. The van der Waals surface area contributed by atoms with Crippen LogP contribution in [0.5, 0.6) is 0 Å². The predicted octanol–water partition coefficient (Wildman–Crippen LogP) is 2.21. The fourth-order valence-electron chi connectivity index (χ4n) is 1.43. The molecule has 2 nitrogen and oxygen atoms in total. The summed E-state index contributed by atoms with van der Waals surface area (Å²) in [6.45, 7) is 8.00. The van der Waals surface area contributed by atoms with Crippen LogP contribution < -0.4 is 0 Å². The topological polar surface area (TPSA) is 20.3 Å². The van der Waals surface area contributed by atoms with Gasteiger partial charge >= 0.3 is 0 Å². The van der Waals surface area contributed by atoms with E-state index in [-0.39, 0.29) is 11.3 Å². The van der Waals surface area contributed by atoms with Crippen LogP contribution in [0.4, 0.5) is 0 Å². The molecular formula is C11H19NO. The van der Waals surface area contributed by atoms with Crippen molar-refractivity contribution in [1.29, 1.82) is 0 Å². The molecule has 2 heteroatoms. The largest absolute Gasteiger partial charge is 0.339 e. The van der Waals surface area contributed by atoms with E-state index in [4.69, 9.17) is 0 Å². The van der Waals surface area contributed by atoms with Gasteiger partial charge in [0.25, 0.3) is 0 Å². The van der Waals surface area contributed by atoms with E-state index in [1.165, 1.54) is 0 Å². The molecule has 0 bridgehead atoms. The second kappa shape index (κ2) is 3.95. The quantitative estimate of drug-likeness (QED) is 0.568. The number of hydrogen-bond acceptors (Lipinski definition) is 1. The molecule has 1 amide bonds. The summed E-state index contributed by atoms with van der Waals surface area (Å²) in [6, 6.07) is 0. The Morgan fingerprint density at radius 2 is 2.08 bits per heavy atom. The normalized spacial score (nSPS) is 17.6.